The first-order valence-electron chi connectivity index (χ1n) is 7.32. The van der Waals surface area contributed by atoms with E-state index >= 15 is 0 Å². The zero-order valence-corrected chi connectivity index (χ0v) is 13.2. The van der Waals surface area contributed by atoms with E-state index in [0.717, 1.165) is 5.76 Å². The van der Waals surface area contributed by atoms with Crippen molar-refractivity contribution < 1.29 is 9.52 Å². The predicted molar refractivity (Wildman–Crippen MR) is 89.8 cm³/mol. The summed E-state index contributed by atoms with van der Waals surface area (Å²) in [5.41, 5.74) is 2.42. The number of hydrogen-bond donors (Lipinski definition) is 2. The first-order chi connectivity index (χ1) is 10.8. The van der Waals surface area contributed by atoms with Crippen LogP contribution < -0.4 is 5.32 Å². The van der Waals surface area contributed by atoms with Gasteiger partial charge in [0.2, 0.25) is 0 Å². The molecule has 1 aromatic carbocycles. The second kappa shape index (κ2) is 6.92. The molecule has 22 heavy (non-hydrogen) atoms. The van der Waals surface area contributed by atoms with Gasteiger partial charge in [0.1, 0.15) is 5.76 Å². The van der Waals surface area contributed by atoms with Gasteiger partial charge in [-0.05, 0) is 41.6 Å². The zero-order valence-electron chi connectivity index (χ0n) is 12.4. The van der Waals surface area contributed by atoms with Crippen molar-refractivity contribution in [2.45, 2.75) is 19.0 Å². The number of benzene rings is 1. The molecule has 0 fully saturated rings. The van der Waals surface area contributed by atoms with Crippen LogP contribution in [-0.4, -0.2) is 11.7 Å². The maximum atomic E-state index is 9.54. The molecule has 2 heterocycles. The number of aliphatic hydroxyl groups is 1. The highest BCUT2D eigenvalue weighted by molar-refractivity contribution is 7.13. The predicted octanol–water partition coefficient (Wildman–Crippen LogP) is 4.39. The molecule has 0 aliphatic heterocycles. The van der Waals surface area contributed by atoms with E-state index in [2.05, 4.69) is 54.0 Å². The van der Waals surface area contributed by atoms with Crippen LogP contribution >= 0.6 is 11.3 Å². The average Bonchev–Trinajstić information content (AvgIpc) is 3.25. The Labute approximate surface area is 134 Å². The van der Waals surface area contributed by atoms with Crippen LogP contribution in [0.1, 0.15) is 30.3 Å². The molecule has 114 valence electrons. The molecule has 0 spiro atoms. The molecule has 0 radical (unpaired) electrons. The highest BCUT2D eigenvalue weighted by Crippen LogP contribution is 2.27. The fourth-order valence-electron chi connectivity index (χ4n) is 2.49. The molecule has 0 bridgehead atoms. The lowest BCUT2D eigenvalue weighted by atomic mass is 10.0. The van der Waals surface area contributed by atoms with Crippen LogP contribution in [0.4, 0.5) is 0 Å². The molecule has 0 saturated carbocycles. The van der Waals surface area contributed by atoms with Crippen molar-refractivity contribution in [3.63, 3.8) is 0 Å². The van der Waals surface area contributed by atoms with E-state index in [4.69, 9.17) is 4.42 Å². The average molecular weight is 313 g/mol. The van der Waals surface area contributed by atoms with Gasteiger partial charge >= 0.3 is 0 Å². The summed E-state index contributed by atoms with van der Waals surface area (Å²) in [5, 5.41) is 15.0. The third kappa shape index (κ3) is 3.30. The minimum atomic E-state index is -0.193. The van der Waals surface area contributed by atoms with Crippen molar-refractivity contribution >= 4 is 11.3 Å². The van der Waals surface area contributed by atoms with Crippen molar-refractivity contribution in [3.05, 3.63) is 71.5 Å². The molecule has 0 aliphatic carbocycles. The fourth-order valence-corrected chi connectivity index (χ4v) is 3.22. The Bertz CT molecular complexity index is 674. The van der Waals surface area contributed by atoms with Gasteiger partial charge in [-0.3, -0.25) is 5.32 Å². The van der Waals surface area contributed by atoms with Gasteiger partial charge in [0.15, 0.2) is 0 Å². The van der Waals surface area contributed by atoms with Gasteiger partial charge < -0.3 is 9.52 Å². The van der Waals surface area contributed by atoms with Gasteiger partial charge in [-0.25, -0.2) is 0 Å². The first-order valence-corrected chi connectivity index (χ1v) is 8.20. The Morgan fingerprint density at radius 2 is 1.95 bits per heavy atom. The van der Waals surface area contributed by atoms with E-state index in [0.29, 0.717) is 0 Å². The maximum Gasteiger partial charge on any atom is 0.123 e. The van der Waals surface area contributed by atoms with Crippen LogP contribution in [0.5, 0.6) is 0 Å². The van der Waals surface area contributed by atoms with E-state index in [-0.39, 0.29) is 18.7 Å². The Morgan fingerprint density at radius 3 is 2.55 bits per heavy atom. The normalized spacial score (nSPS) is 13.9. The molecule has 2 atom stereocenters. The topological polar surface area (TPSA) is 45.4 Å². The number of nitrogens with one attached hydrogen (secondary N) is 1. The highest BCUT2D eigenvalue weighted by atomic mass is 32.1. The molecular weight excluding hydrogens is 294 g/mol. The second-order valence-electron chi connectivity index (χ2n) is 5.24. The Balaban J connectivity index is 1.70. The number of furan rings is 1. The minimum Gasteiger partial charge on any atom is -0.468 e. The lowest BCUT2D eigenvalue weighted by Gasteiger charge is -2.20. The van der Waals surface area contributed by atoms with Crippen LogP contribution in [0, 0.1) is 0 Å². The summed E-state index contributed by atoms with van der Waals surface area (Å²) in [7, 11) is 0. The molecule has 0 saturated heterocycles. The van der Waals surface area contributed by atoms with E-state index in [1.807, 2.05) is 12.1 Å². The van der Waals surface area contributed by atoms with E-state index in [1.54, 1.807) is 17.6 Å². The minimum absolute atomic E-state index is 0.00509. The van der Waals surface area contributed by atoms with Crippen LogP contribution in [-0.2, 0) is 0 Å². The largest absolute Gasteiger partial charge is 0.468 e. The van der Waals surface area contributed by atoms with Gasteiger partial charge in [0.25, 0.3) is 0 Å². The van der Waals surface area contributed by atoms with Crippen molar-refractivity contribution in [2.75, 3.05) is 6.61 Å². The molecule has 3 nitrogen and oxygen atoms in total. The lowest BCUT2D eigenvalue weighted by molar-refractivity contribution is 0.217. The summed E-state index contributed by atoms with van der Waals surface area (Å²) in [4.78, 5) is 1.27. The smallest absolute Gasteiger partial charge is 0.123 e. The highest BCUT2D eigenvalue weighted by Gasteiger charge is 2.16. The number of thiophene rings is 1. The van der Waals surface area contributed by atoms with Gasteiger partial charge in [-0.15, -0.1) is 11.3 Å². The molecular formula is C18H19NO2S. The summed E-state index contributed by atoms with van der Waals surface area (Å²) < 4.78 is 5.37. The zero-order chi connectivity index (χ0) is 15.4. The summed E-state index contributed by atoms with van der Waals surface area (Å²) in [6, 6.07) is 16.4. The number of hydrogen-bond acceptors (Lipinski definition) is 4. The second-order valence-corrected chi connectivity index (χ2v) is 6.19. The van der Waals surface area contributed by atoms with Crippen LogP contribution in [0.25, 0.3) is 10.4 Å². The molecule has 2 N–H and O–H groups in total. The molecule has 0 amide bonds. The molecule has 3 rings (SSSR count). The Kier molecular flexibility index (Phi) is 4.73. The molecule has 2 unspecified atom stereocenters. The Hall–Kier alpha value is -1.88. The monoisotopic (exact) mass is 313 g/mol. The molecule has 2 aromatic heterocycles. The van der Waals surface area contributed by atoms with E-state index < -0.39 is 0 Å². The van der Waals surface area contributed by atoms with Crippen molar-refractivity contribution in [2.24, 2.45) is 0 Å². The van der Waals surface area contributed by atoms with Crippen LogP contribution in [0.2, 0.25) is 0 Å². The van der Waals surface area contributed by atoms with Crippen molar-refractivity contribution in [1.82, 2.24) is 5.32 Å². The summed E-state index contributed by atoms with van der Waals surface area (Å²) in [5.74, 6) is 0.754. The van der Waals surface area contributed by atoms with Crippen molar-refractivity contribution in [1.29, 1.82) is 0 Å². The summed E-state index contributed by atoms with van der Waals surface area (Å²) in [6.07, 6.45) is 1.63. The maximum absolute atomic E-state index is 9.54. The van der Waals surface area contributed by atoms with Crippen LogP contribution in [0.3, 0.4) is 0 Å². The van der Waals surface area contributed by atoms with E-state index in [9.17, 15) is 5.11 Å². The number of rotatable bonds is 6. The fraction of sp³-hybridized carbons (Fsp3) is 0.222. The summed E-state index contributed by atoms with van der Waals surface area (Å²) in [6.45, 7) is 2.09. The molecule has 4 heteroatoms. The first kappa shape index (κ1) is 15.0. The Morgan fingerprint density at radius 1 is 1.14 bits per heavy atom. The third-order valence-electron chi connectivity index (χ3n) is 3.74. The molecule has 3 aromatic rings. The molecule has 0 aliphatic rings. The van der Waals surface area contributed by atoms with Gasteiger partial charge in [-0.1, -0.05) is 30.3 Å². The SMILES string of the molecule is CC(NC(CO)c1ccco1)c1ccc(-c2cccs2)cc1. The van der Waals surface area contributed by atoms with E-state index in [1.165, 1.54) is 16.0 Å². The van der Waals surface area contributed by atoms with Gasteiger partial charge in [-0.2, -0.15) is 0 Å². The third-order valence-corrected chi connectivity index (χ3v) is 4.66. The van der Waals surface area contributed by atoms with Gasteiger partial charge in [0, 0.05) is 10.9 Å². The lowest BCUT2D eigenvalue weighted by Crippen LogP contribution is -2.26. The van der Waals surface area contributed by atoms with Crippen molar-refractivity contribution in [3.8, 4) is 10.4 Å². The van der Waals surface area contributed by atoms with Crippen LogP contribution in [0.15, 0.2) is 64.6 Å². The quantitative estimate of drug-likeness (QED) is 0.709. The number of aliphatic hydroxyl groups excluding tert-OH is 1. The van der Waals surface area contributed by atoms with Gasteiger partial charge in [0.05, 0.1) is 18.9 Å². The summed E-state index contributed by atoms with van der Waals surface area (Å²) >= 11 is 1.74. The standard InChI is InChI=1S/C18H19NO2S/c1-13(19-16(12-20)17-4-2-10-21-17)14-6-8-15(9-7-14)18-5-3-11-22-18/h2-11,13,16,19-20H,12H2,1H3.